The molecule has 2 aromatic carbocycles. The average molecular weight is 513 g/mol. The Morgan fingerprint density at radius 1 is 1.26 bits per heavy atom. The van der Waals surface area contributed by atoms with Crippen molar-refractivity contribution in [3.05, 3.63) is 67.8 Å². The average Bonchev–Trinajstić information content (AvgIpc) is 3.09. The lowest BCUT2D eigenvalue weighted by molar-refractivity contribution is -0.117. The number of benzene rings is 2. The Morgan fingerprint density at radius 3 is 2.74 bits per heavy atom. The van der Waals surface area contributed by atoms with Gasteiger partial charge >= 0.3 is 0 Å². The Balaban J connectivity index is 1.61. The van der Waals surface area contributed by atoms with Gasteiger partial charge in [-0.25, -0.2) is 4.68 Å². The van der Waals surface area contributed by atoms with Gasteiger partial charge in [-0.1, -0.05) is 29.8 Å². The molecule has 0 bridgehead atoms. The van der Waals surface area contributed by atoms with E-state index in [0.29, 0.717) is 23.3 Å². The Labute approximate surface area is 177 Å². The zero-order valence-electron chi connectivity index (χ0n) is 13.8. The molecule has 0 unspecified atom stereocenters. The number of nitrogens with one attached hydrogen (secondary N) is 1. The number of amides is 1. The maximum Gasteiger partial charge on any atom is 0.229 e. The molecule has 0 spiro atoms. The van der Waals surface area contributed by atoms with Gasteiger partial charge in [-0.3, -0.25) is 10.1 Å². The van der Waals surface area contributed by atoms with Gasteiger partial charge in [0.15, 0.2) is 0 Å². The van der Waals surface area contributed by atoms with Crippen LogP contribution in [0.2, 0.25) is 5.02 Å². The number of nitrogens with zero attached hydrogens (tertiary/aromatic N) is 3. The summed E-state index contributed by atoms with van der Waals surface area (Å²) in [6, 6.07) is 11.2. The highest BCUT2D eigenvalue weighted by atomic mass is 79.9. The molecule has 1 aromatic heterocycles. The van der Waals surface area contributed by atoms with Crippen LogP contribution in [0.5, 0.6) is 5.75 Å². The molecule has 0 fully saturated rings. The first-order valence-electron chi connectivity index (χ1n) is 8.07. The first kappa shape index (κ1) is 18.5. The minimum absolute atomic E-state index is 0.0909. The monoisotopic (exact) mass is 510 g/mol. The normalized spacial score (nSPS) is 16.0. The number of ether oxygens (including phenoxy) is 1. The molecule has 1 N–H and O–H groups in total. The molecule has 0 saturated carbocycles. The van der Waals surface area contributed by atoms with Crippen LogP contribution in [-0.2, 0) is 11.4 Å². The number of carbonyl (C=O) groups excluding carboxylic acids is 1. The summed E-state index contributed by atoms with van der Waals surface area (Å²) < 4.78 is 9.21. The van der Waals surface area contributed by atoms with E-state index in [2.05, 4.69) is 47.3 Å². The molecule has 138 valence electrons. The van der Waals surface area contributed by atoms with Crippen LogP contribution in [0.15, 0.2) is 51.7 Å². The van der Waals surface area contributed by atoms with Crippen molar-refractivity contribution in [2.24, 2.45) is 0 Å². The van der Waals surface area contributed by atoms with E-state index >= 15 is 0 Å². The van der Waals surface area contributed by atoms with Crippen LogP contribution in [0, 0.1) is 0 Å². The summed E-state index contributed by atoms with van der Waals surface area (Å²) in [6.45, 7) is 0.343. The summed E-state index contributed by atoms with van der Waals surface area (Å²) in [5.41, 5.74) is 1.82. The van der Waals surface area contributed by atoms with Gasteiger partial charge in [-0.2, -0.15) is 10.1 Å². The number of carbonyl (C=O) groups is 1. The molecule has 3 aromatic rings. The Morgan fingerprint density at radius 2 is 2.00 bits per heavy atom. The molecule has 2 heterocycles. The molecule has 27 heavy (non-hydrogen) atoms. The van der Waals surface area contributed by atoms with E-state index in [4.69, 9.17) is 16.3 Å². The minimum Gasteiger partial charge on any atom is -0.486 e. The summed E-state index contributed by atoms with van der Waals surface area (Å²) in [4.78, 5) is 16.1. The van der Waals surface area contributed by atoms with Gasteiger partial charge in [-0.05, 0) is 55.6 Å². The number of fused-ring (bicyclic) bond motifs is 1. The van der Waals surface area contributed by atoms with E-state index < -0.39 is 0 Å². The summed E-state index contributed by atoms with van der Waals surface area (Å²) in [5, 5.41) is 7.61. The standard InChI is InChI=1S/C18H13Br2ClN4O2/c19-12-5-11(15-7-16(26)24-18-22-9-23-25(15)18)6-13(20)17(12)27-8-10-3-1-2-4-14(10)21/h1-6,9,15H,7-8H2,(H,22,23,24,26)/t15-/m1/s1. The Kier molecular flexibility index (Phi) is 5.21. The lowest BCUT2D eigenvalue weighted by Crippen LogP contribution is -2.29. The maximum atomic E-state index is 12.0. The molecule has 6 nitrogen and oxygen atoms in total. The smallest absolute Gasteiger partial charge is 0.229 e. The van der Waals surface area contributed by atoms with Gasteiger partial charge in [0.25, 0.3) is 0 Å². The number of hydrogen-bond donors (Lipinski definition) is 1. The topological polar surface area (TPSA) is 69.0 Å². The zero-order valence-corrected chi connectivity index (χ0v) is 17.8. The van der Waals surface area contributed by atoms with Crippen molar-refractivity contribution in [3.63, 3.8) is 0 Å². The van der Waals surface area contributed by atoms with Gasteiger partial charge in [0, 0.05) is 10.6 Å². The molecular weight excluding hydrogens is 499 g/mol. The second-order valence-corrected chi connectivity index (χ2v) is 8.11. The summed E-state index contributed by atoms with van der Waals surface area (Å²) in [6.07, 6.45) is 1.72. The third-order valence-corrected chi connectivity index (χ3v) is 5.78. The molecule has 0 radical (unpaired) electrons. The molecule has 9 heteroatoms. The van der Waals surface area contributed by atoms with Crippen molar-refractivity contribution in [2.75, 3.05) is 5.32 Å². The van der Waals surface area contributed by atoms with Crippen molar-refractivity contribution in [2.45, 2.75) is 19.1 Å². The van der Waals surface area contributed by atoms with Gasteiger partial charge in [0.05, 0.1) is 21.4 Å². The summed E-state index contributed by atoms with van der Waals surface area (Å²) in [7, 11) is 0. The summed E-state index contributed by atoms with van der Waals surface area (Å²) in [5.74, 6) is 1.02. The SMILES string of the molecule is O=C1C[C@H](c2cc(Br)c(OCc3ccccc3Cl)c(Br)c2)n2ncnc2N1. The van der Waals surface area contributed by atoms with Gasteiger partial charge in [0.2, 0.25) is 11.9 Å². The molecule has 1 aliphatic rings. The predicted octanol–water partition coefficient (Wildman–Crippen LogP) is 4.97. The predicted molar refractivity (Wildman–Crippen MR) is 109 cm³/mol. The quantitative estimate of drug-likeness (QED) is 0.536. The Hall–Kier alpha value is -1.90. The highest BCUT2D eigenvalue weighted by molar-refractivity contribution is 9.11. The van der Waals surface area contributed by atoms with Crippen LogP contribution < -0.4 is 10.1 Å². The third-order valence-electron chi connectivity index (χ3n) is 4.23. The molecular formula is C18H13Br2ClN4O2. The van der Waals surface area contributed by atoms with Crippen LogP contribution in [0.3, 0.4) is 0 Å². The first-order chi connectivity index (χ1) is 13.0. The fraction of sp³-hybridized carbons (Fsp3) is 0.167. The molecule has 1 atom stereocenters. The van der Waals surface area contributed by atoms with Crippen LogP contribution in [0.25, 0.3) is 0 Å². The number of anilines is 1. The van der Waals surface area contributed by atoms with Crippen molar-refractivity contribution < 1.29 is 9.53 Å². The van der Waals surface area contributed by atoms with E-state index in [9.17, 15) is 4.79 Å². The lowest BCUT2D eigenvalue weighted by Gasteiger charge is -2.24. The van der Waals surface area contributed by atoms with Crippen molar-refractivity contribution >= 4 is 55.3 Å². The van der Waals surface area contributed by atoms with Gasteiger partial charge in [-0.15, -0.1) is 0 Å². The Bertz CT molecular complexity index is 1000. The molecule has 4 rings (SSSR count). The fourth-order valence-electron chi connectivity index (χ4n) is 2.94. The van der Waals surface area contributed by atoms with E-state index in [-0.39, 0.29) is 18.4 Å². The fourth-order valence-corrected chi connectivity index (χ4v) is 4.58. The van der Waals surface area contributed by atoms with E-state index in [0.717, 1.165) is 20.1 Å². The molecule has 0 aliphatic carbocycles. The largest absolute Gasteiger partial charge is 0.486 e. The van der Waals surface area contributed by atoms with Crippen LogP contribution in [-0.4, -0.2) is 20.7 Å². The van der Waals surface area contributed by atoms with Crippen LogP contribution in [0.4, 0.5) is 5.95 Å². The number of halogens is 3. The molecule has 0 saturated heterocycles. The van der Waals surface area contributed by atoms with Crippen molar-refractivity contribution in [1.82, 2.24) is 14.8 Å². The minimum atomic E-state index is -0.235. The van der Waals surface area contributed by atoms with Gasteiger partial charge < -0.3 is 4.74 Å². The van der Waals surface area contributed by atoms with E-state index in [1.165, 1.54) is 6.33 Å². The van der Waals surface area contributed by atoms with Crippen LogP contribution in [0.1, 0.15) is 23.6 Å². The lowest BCUT2D eigenvalue weighted by atomic mass is 10.0. The van der Waals surface area contributed by atoms with Gasteiger partial charge in [0.1, 0.15) is 18.7 Å². The maximum absolute atomic E-state index is 12.0. The zero-order chi connectivity index (χ0) is 19.0. The number of rotatable bonds is 4. The number of hydrogen-bond acceptors (Lipinski definition) is 4. The molecule has 1 amide bonds. The summed E-state index contributed by atoms with van der Waals surface area (Å²) >= 11 is 13.3. The second-order valence-electron chi connectivity index (χ2n) is 5.99. The van der Waals surface area contributed by atoms with Crippen molar-refractivity contribution in [1.29, 1.82) is 0 Å². The highest BCUT2D eigenvalue weighted by Gasteiger charge is 2.28. The van der Waals surface area contributed by atoms with Crippen LogP contribution >= 0.6 is 43.5 Å². The third kappa shape index (κ3) is 3.74. The van der Waals surface area contributed by atoms with E-state index in [1.54, 1.807) is 4.68 Å². The van der Waals surface area contributed by atoms with Crippen molar-refractivity contribution in [3.8, 4) is 5.75 Å². The highest BCUT2D eigenvalue weighted by Crippen LogP contribution is 2.39. The second kappa shape index (κ2) is 7.61. The number of aromatic nitrogens is 3. The molecule has 1 aliphatic heterocycles. The first-order valence-corrected chi connectivity index (χ1v) is 10.0. The van der Waals surface area contributed by atoms with E-state index in [1.807, 2.05) is 36.4 Å².